The van der Waals surface area contributed by atoms with Crippen molar-refractivity contribution in [2.75, 3.05) is 13.1 Å². The summed E-state index contributed by atoms with van der Waals surface area (Å²) >= 11 is 0. The van der Waals surface area contributed by atoms with Crippen LogP contribution < -0.4 is 5.73 Å². The second-order valence-corrected chi connectivity index (χ2v) is 6.78. The topological polar surface area (TPSA) is 49.5 Å². The summed E-state index contributed by atoms with van der Waals surface area (Å²) in [6, 6.07) is 6.90. The highest BCUT2D eigenvalue weighted by atomic mass is 16.3. The zero-order chi connectivity index (χ0) is 15.4. The number of aliphatic hydroxyl groups is 1. The van der Waals surface area contributed by atoms with Crippen LogP contribution in [-0.4, -0.2) is 35.2 Å². The van der Waals surface area contributed by atoms with Gasteiger partial charge in [0.05, 0.1) is 6.10 Å². The third-order valence-corrected chi connectivity index (χ3v) is 4.61. The molecule has 3 unspecified atom stereocenters. The van der Waals surface area contributed by atoms with Crippen molar-refractivity contribution in [3.8, 4) is 0 Å². The summed E-state index contributed by atoms with van der Waals surface area (Å²) in [4.78, 5) is 2.46. The van der Waals surface area contributed by atoms with Gasteiger partial charge >= 0.3 is 0 Å². The molecule has 0 bridgehead atoms. The average Bonchev–Trinajstić information content (AvgIpc) is 2.41. The van der Waals surface area contributed by atoms with E-state index < -0.39 is 0 Å². The molecule has 118 valence electrons. The Labute approximate surface area is 129 Å². The molecule has 3 heteroatoms. The van der Waals surface area contributed by atoms with Crippen molar-refractivity contribution in [3.05, 3.63) is 34.9 Å². The highest BCUT2D eigenvalue weighted by molar-refractivity contribution is 5.30. The standard InChI is InChI=1S/C18H30N2O/c1-4-18(21)9-15-8-17(19)12-20(10-15)11-16-6-5-13(2)7-14(16)3/h5-7,15,17-18,21H,4,8-12,19H2,1-3H3. The molecule has 2 rings (SSSR count). The molecule has 1 fully saturated rings. The summed E-state index contributed by atoms with van der Waals surface area (Å²) in [7, 11) is 0. The second-order valence-electron chi connectivity index (χ2n) is 6.78. The molecule has 1 aliphatic rings. The van der Waals surface area contributed by atoms with E-state index in [0.717, 1.165) is 38.9 Å². The van der Waals surface area contributed by atoms with E-state index in [1.54, 1.807) is 0 Å². The molecule has 1 saturated heterocycles. The maximum atomic E-state index is 9.89. The van der Waals surface area contributed by atoms with Crippen LogP contribution in [0.4, 0.5) is 0 Å². The van der Waals surface area contributed by atoms with Gasteiger partial charge in [-0.15, -0.1) is 0 Å². The minimum absolute atomic E-state index is 0.178. The fourth-order valence-corrected chi connectivity index (χ4v) is 3.46. The summed E-state index contributed by atoms with van der Waals surface area (Å²) in [5, 5.41) is 9.89. The van der Waals surface area contributed by atoms with Gasteiger partial charge in [0, 0.05) is 25.7 Å². The van der Waals surface area contributed by atoms with Crippen molar-refractivity contribution in [1.82, 2.24) is 4.90 Å². The van der Waals surface area contributed by atoms with E-state index >= 15 is 0 Å². The molecular formula is C18H30N2O. The molecule has 0 aromatic heterocycles. The number of nitrogens with zero attached hydrogens (tertiary/aromatic N) is 1. The molecule has 1 aliphatic heterocycles. The van der Waals surface area contributed by atoms with E-state index in [4.69, 9.17) is 5.73 Å². The lowest BCUT2D eigenvalue weighted by Gasteiger charge is -2.37. The van der Waals surface area contributed by atoms with Gasteiger partial charge in [0.25, 0.3) is 0 Å². The average molecular weight is 290 g/mol. The smallest absolute Gasteiger partial charge is 0.0540 e. The second kappa shape index (κ2) is 7.39. The Morgan fingerprint density at radius 2 is 2.10 bits per heavy atom. The number of aliphatic hydroxyl groups excluding tert-OH is 1. The van der Waals surface area contributed by atoms with Crippen LogP contribution in [0.15, 0.2) is 18.2 Å². The Hall–Kier alpha value is -0.900. The molecule has 1 heterocycles. The van der Waals surface area contributed by atoms with Gasteiger partial charge in [0.15, 0.2) is 0 Å². The lowest BCUT2D eigenvalue weighted by atomic mass is 9.89. The lowest BCUT2D eigenvalue weighted by molar-refractivity contribution is 0.0876. The zero-order valence-corrected chi connectivity index (χ0v) is 13.7. The van der Waals surface area contributed by atoms with Crippen molar-refractivity contribution >= 4 is 0 Å². The molecule has 3 atom stereocenters. The number of benzene rings is 1. The fraction of sp³-hybridized carbons (Fsp3) is 0.667. The Bertz CT molecular complexity index is 461. The monoisotopic (exact) mass is 290 g/mol. The van der Waals surface area contributed by atoms with Crippen LogP contribution in [0, 0.1) is 19.8 Å². The third kappa shape index (κ3) is 4.80. The first-order chi connectivity index (χ1) is 9.97. The van der Waals surface area contributed by atoms with Gasteiger partial charge in [-0.3, -0.25) is 4.90 Å². The van der Waals surface area contributed by atoms with Crippen molar-refractivity contribution in [3.63, 3.8) is 0 Å². The normalized spacial score (nSPS) is 25.0. The molecule has 3 nitrogen and oxygen atoms in total. The van der Waals surface area contributed by atoms with Gasteiger partial charge in [0.2, 0.25) is 0 Å². The number of hydrogen-bond donors (Lipinski definition) is 2. The molecule has 0 amide bonds. The molecule has 1 aromatic rings. The summed E-state index contributed by atoms with van der Waals surface area (Å²) < 4.78 is 0. The first-order valence-electron chi connectivity index (χ1n) is 8.20. The molecule has 0 spiro atoms. The number of piperidine rings is 1. The Morgan fingerprint density at radius 3 is 2.76 bits per heavy atom. The summed E-state index contributed by atoms with van der Waals surface area (Å²) in [5.74, 6) is 0.523. The van der Waals surface area contributed by atoms with Crippen LogP contribution >= 0.6 is 0 Å². The van der Waals surface area contributed by atoms with Crippen LogP contribution in [0.5, 0.6) is 0 Å². The summed E-state index contributed by atoms with van der Waals surface area (Å²) in [5.41, 5.74) is 10.3. The molecule has 1 aromatic carbocycles. The minimum atomic E-state index is -0.178. The van der Waals surface area contributed by atoms with Crippen molar-refractivity contribution in [2.24, 2.45) is 11.7 Å². The van der Waals surface area contributed by atoms with E-state index in [0.29, 0.717) is 5.92 Å². The molecular weight excluding hydrogens is 260 g/mol. The largest absolute Gasteiger partial charge is 0.393 e. The third-order valence-electron chi connectivity index (χ3n) is 4.61. The molecule has 0 saturated carbocycles. The first kappa shape index (κ1) is 16.5. The van der Waals surface area contributed by atoms with Gasteiger partial charge < -0.3 is 10.8 Å². The maximum Gasteiger partial charge on any atom is 0.0540 e. The van der Waals surface area contributed by atoms with Gasteiger partial charge in [-0.25, -0.2) is 0 Å². The van der Waals surface area contributed by atoms with Crippen molar-refractivity contribution < 1.29 is 5.11 Å². The van der Waals surface area contributed by atoms with Crippen LogP contribution in [0.2, 0.25) is 0 Å². The predicted octanol–water partition coefficient (Wildman–Crippen LogP) is 2.61. The van der Waals surface area contributed by atoms with Crippen LogP contribution in [0.1, 0.15) is 42.9 Å². The zero-order valence-electron chi connectivity index (χ0n) is 13.7. The van der Waals surface area contributed by atoms with E-state index in [9.17, 15) is 5.11 Å². The Kier molecular flexibility index (Phi) is 5.80. The van der Waals surface area contributed by atoms with E-state index in [1.165, 1.54) is 16.7 Å². The lowest BCUT2D eigenvalue weighted by Crippen LogP contribution is -2.47. The molecule has 0 aliphatic carbocycles. The predicted molar refractivity (Wildman–Crippen MR) is 88.2 cm³/mol. The molecule has 0 radical (unpaired) electrons. The summed E-state index contributed by atoms with van der Waals surface area (Å²) in [6.07, 6.45) is 2.58. The van der Waals surface area contributed by atoms with Crippen LogP contribution in [0.25, 0.3) is 0 Å². The highest BCUT2D eigenvalue weighted by Crippen LogP contribution is 2.23. The molecule has 3 N–H and O–H groups in total. The van der Waals surface area contributed by atoms with Gasteiger partial charge in [0.1, 0.15) is 0 Å². The van der Waals surface area contributed by atoms with Crippen LogP contribution in [0.3, 0.4) is 0 Å². The number of nitrogens with two attached hydrogens (primary N) is 1. The quantitative estimate of drug-likeness (QED) is 0.876. The van der Waals surface area contributed by atoms with Gasteiger partial charge in [-0.1, -0.05) is 30.7 Å². The van der Waals surface area contributed by atoms with Gasteiger partial charge in [-0.05, 0) is 50.2 Å². The van der Waals surface area contributed by atoms with Crippen LogP contribution in [-0.2, 0) is 6.54 Å². The summed E-state index contributed by atoms with van der Waals surface area (Å²) in [6.45, 7) is 9.35. The fourth-order valence-electron chi connectivity index (χ4n) is 3.46. The Morgan fingerprint density at radius 1 is 1.33 bits per heavy atom. The van der Waals surface area contributed by atoms with Crippen molar-refractivity contribution in [2.45, 2.75) is 58.7 Å². The maximum absolute atomic E-state index is 9.89. The van der Waals surface area contributed by atoms with Gasteiger partial charge in [-0.2, -0.15) is 0 Å². The number of rotatable bonds is 5. The highest BCUT2D eigenvalue weighted by Gasteiger charge is 2.26. The SMILES string of the molecule is CCC(O)CC1CC(N)CN(Cc2ccc(C)cc2C)C1. The number of likely N-dealkylation sites (tertiary alicyclic amines) is 1. The molecule has 21 heavy (non-hydrogen) atoms. The first-order valence-corrected chi connectivity index (χ1v) is 8.20. The van der Waals surface area contributed by atoms with E-state index in [1.807, 2.05) is 6.92 Å². The van der Waals surface area contributed by atoms with E-state index in [-0.39, 0.29) is 12.1 Å². The Balaban J connectivity index is 1.98. The number of aryl methyl sites for hydroxylation is 2. The van der Waals surface area contributed by atoms with Crippen molar-refractivity contribution in [1.29, 1.82) is 0 Å². The minimum Gasteiger partial charge on any atom is -0.393 e. The van der Waals surface area contributed by atoms with E-state index in [2.05, 4.69) is 36.9 Å². The number of hydrogen-bond acceptors (Lipinski definition) is 3.